The molecule has 1 heterocycles. The summed E-state index contributed by atoms with van der Waals surface area (Å²) in [7, 11) is -3.84. The molecule has 0 aliphatic heterocycles. The first-order chi connectivity index (χ1) is 13.8. The smallest absolute Gasteiger partial charge is 0.316 e. The zero-order chi connectivity index (χ0) is 21.0. The van der Waals surface area contributed by atoms with Crippen LogP contribution in [-0.2, 0) is 19.6 Å². The maximum atomic E-state index is 13.3. The quantitative estimate of drug-likeness (QED) is 0.446. The molecule has 0 aliphatic rings. The van der Waals surface area contributed by atoms with Gasteiger partial charge in [-0.1, -0.05) is 11.8 Å². The van der Waals surface area contributed by atoms with Crippen molar-refractivity contribution in [1.29, 1.82) is 0 Å². The van der Waals surface area contributed by atoms with Crippen LogP contribution in [0.25, 0.3) is 17.1 Å². The molecule has 0 radical (unpaired) electrons. The molecule has 0 atom stereocenters. The highest BCUT2D eigenvalue weighted by atomic mass is 32.2. The predicted octanol–water partition coefficient (Wildman–Crippen LogP) is 2.38. The van der Waals surface area contributed by atoms with Crippen LogP contribution in [0.15, 0.2) is 58.6 Å². The number of sulfonamides is 1. The third-order valence-corrected chi connectivity index (χ3v) is 5.62. The number of ether oxygens (including phenoxy) is 1. The Morgan fingerprint density at radius 2 is 1.79 bits per heavy atom. The van der Waals surface area contributed by atoms with Crippen molar-refractivity contribution in [3.8, 4) is 17.1 Å². The number of rotatable bonds is 7. The van der Waals surface area contributed by atoms with E-state index in [4.69, 9.17) is 9.88 Å². The number of carbonyl (C=O) groups excluding carboxylic acids is 1. The molecule has 3 rings (SSSR count). The molecule has 0 fully saturated rings. The van der Waals surface area contributed by atoms with Crippen LogP contribution in [0.5, 0.6) is 0 Å². The largest absolute Gasteiger partial charge is 0.465 e. The normalized spacial score (nSPS) is 11.4. The van der Waals surface area contributed by atoms with Crippen LogP contribution in [0, 0.1) is 5.82 Å². The maximum absolute atomic E-state index is 13.3. The minimum Gasteiger partial charge on any atom is -0.465 e. The van der Waals surface area contributed by atoms with Crippen LogP contribution in [0.3, 0.4) is 0 Å². The van der Waals surface area contributed by atoms with Gasteiger partial charge in [0.05, 0.1) is 17.3 Å². The number of nitrogens with two attached hydrogens (primary N) is 1. The zero-order valence-corrected chi connectivity index (χ0v) is 16.9. The first-order valence-corrected chi connectivity index (χ1v) is 11.0. The fourth-order valence-corrected chi connectivity index (χ4v) is 3.76. The van der Waals surface area contributed by atoms with Gasteiger partial charge in [-0.15, -0.1) is 10.2 Å². The first-order valence-electron chi connectivity index (χ1n) is 8.42. The highest BCUT2D eigenvalue weighted by Crippen LogP contribution is 2.28. The number of hydrogen-bond donors (Lipinski definition) is 1. The van der Waals surface area contributed by atoms with Crippen molar-refractivity contribution in [2.75, 3.05) is 12.4 Å². The summed E-state index contributed by atoms with van der Waals surface area (Å²) in [5, 5.41) is 13.8. The highest BCUT2D eigenvalue weighted by molar-refractivity contribution is 7.99. The van der Waals surface area contributed by atoms with Crippen molar-refractivity contribution in [3.05, 3.63) is 54.3 Å². The van der Waals surface area contributed by atoms with Gasteiger partial charge in [0.2, 0.25) is 10.0 Å². The SMILES string of the molecule is CCOC(=O)CSc1nnc(-c2ccc(F)cc2)n1-c1ccc(S(N)(=O)=O)cc1. The zero-order valence-electron chi connectivity index (χ0n) is 15.3. The molecule has 3 aromatic rings. The van der Waals surface area contributed by atoms with Gasteiger partial charge in [0.15, 0.2) is 11.0 Å². The molecule has 0 bridgehead atoms. The Kier molecular flexibility index (Phi) is 6.30. The van der Waals surface area contributed by atoms with Gasteiger partial charge in [-0.05, 0) is 55.5 Å². The van der Waals surface area contributed by atoms with Crippen LogP contribution < -0.4 is 5.14 Å². The van der Waals surface area contributed by atoms with E-state index in [9.17, 15) is 17.6 Å². The van der Waals surface area contributed by atoms with Gasteiger partial charge in [-0.25, -0.2) is 17.9 Å². The highest BCUT2D eigenvalue weighted by Gasteiger charge is 2.18. The number of nitrogens with zero attached hydrogens (tertiary/aromatic N) is 3. The third kappa shape index (κ3) is 5.00. The van der Waals surface area contributed by atoms with Crippen LogP contribution in [-0.4, -0.2) is 41.5 Å². The van der Waals surface area contributed by atoms with Gasteiger partial charge in [0.25, 0.3) is 0 Å². The predicted molar refractivity (Wildman–Crippen MR) is 105 cm³/mol. The Morgan fingerprint density at radius 1 is 1.14 bits per heavy atom. The molecule has 1 aromatic heterocycles. The molecule has 0 aliphatic carbocycles. The Morgan fingerprint density at radius 3 is 2.38 bits per heavy atom. The minimum atomic E-state index is -3.84. The average Bonchev–Trinajstić information content (AvgIpc) is 3.10. The molecular weight excluding hydrogens is 419 g/mol. The van der Waals surface area contributed by atoms with Gasteiger partial charge in [-0.3, -0.25) is 9.36 Å². The van der Waals surface area contributed by atoms with E-state index in [0.717, 1.165) is 11.8 Å². The summed E-state index contributed by atoms with van der Waals surface area (Å²) in [6, 6.07) is 11.5. The third-order valence-electron chi connectivity index (χ3n) is 3.78. The van der Waals surface area contributed by atoms with E-state index in [-0.39, 0.29) is 17.3 Å². The van der Waals surface area contributed by atoms with E-state index in [1.165, 1.54) is 24.3 Å². The topological polar surface area (TPSA) is 117 Å². The number of halogens is 1. The van der Waals surface area contributed by atoms with E-state index < -0.39 is 21.8 Å². The number of esters is 1. The van der Waals surface area contributed by atoms with E-state index in [1.807, 2.05) is 0 Å². The summed E-state index contributed by atoms with van der Waals surface area (Å²) in [6.45, 7) is 1.98. The lowest BCUT2D eigenvalue weighted by atomic mass is 10.2. The first kappa shape index (κ1) is 21.0. The van der Waals surface area contributed by atoms with E-state index in [1.54, 1.807) is 35.8 Å². The maximum Gasteiger partial charge on any atom is 0.316 e. The number of carbonyl (C=O) groups is 1. The Balaban J connectivity index is 2.04. The van der Waals surface area contributed by atoms with Crippen molar-refractivity contribution in [3.63, 3.8) is 0 Å². The summed E-state index contributed by atoms with van der Waals surface area (Å²) >= 11 is 1.12. The molecule has 0 saturated carbocycles. The Hall–Kier alpha value is -2.76. The van der Waals surface area contributed by atoms with Crippen LogP contribution in [0.2, 0.25) is 0 Å². The number of primary sulfonamides is 1. The van der Waals surface area contributed by atoms with Gasteiger partial charge in [0, 0.05) is 11.3 Å². The lowest BCUT2D eigenvalue weighted by Gasteiger charge is -2.11. The second-order valence-electron chi connectivity index (χ2n) is 5.78. The van der Waals surface area contributed by atoms with Gasteiger partial charge in [-0.2, -0.15) is 0 Å². The molecule has 8 nitrogen and oxygen atoms in total. The molecular formula is C18H17FN4O4S2. The van der Waals surface area contributed by atoms with Crippen molar-refractivity contribution in [2.24, 2.45) is 5.14 Å². The van der Waals surface area contributed by atoms with E-state index >= 15 is 0 Å². The Bertz CT molecular complexity index is 1110. The van der Waals surface area contributed by atoms with Crippen molar-refractivity contribution in [1.82, 2.24) is 14.8 Å². The lowest BCUT2D eigenvalue weighted by Crippen LogP contribution is -2.12. The molecule has 2 aromatic carbocycles. The summed E-state index contributed by atoms with van der Waals surface area (Å²) in [6.07, 6.45) is 0. The van der Waals surface area contributed by atoms with E-state index in [2.05, 4.69) is 10.2 Å². The molecule has 0 spiro atoms. The molecule has 29 heavy (non-hydrogen) atoms. The number of hydrogen-bond acceptors (Lipinski definition) is 7. The summed E-state index contributed by atoms with van der Waals surface area (Å²) < 4.78 is 42.9. The molecule has 152 valence electrons. The van der Waals surface area contributed by atoms with Gasteiger partial charge < -0.3 is 4.74 Å². The fourth-order valence-electron chi connectivity index (χ4n) is 2.49. The number of benzene rings is 2. The van der Waals surface area contributed by atoms with E-state index in [0.29, 0.717) is 22.2 Å². The molecule has 11 heteroatoms. The van der Waals surface area contributed by atoms with Crippen molar-refractivity contribution < 1.29 is 22.3 Å². The molecule has 0 saturated heterocycles. The second kappa shape index (κ2) is 8.72. The summed E-state index contributed by atoms with van der Waals surface area (Å²) in [4.78, 5) is 11.7. The molecule has 0 amide bonds. The average molecular weight is 436 g/mol. The van der Waals surface area contributed by atoms with Crippen LogP contribution >= 0.6 is 11.8 Å². The molecule has 2 N–H and O–H groups in total. The minimum absolute atomic E-state index is 0.0185. The monoisotopic (exact) mass is 436 g/mol. The summed E-state index contributed by atoms with van der Waals surface area (Å²) in [5.74, 6) is -0.376. The standard InChI is InChI=1S/C18H17FN4O4S2/c1-2-27-16(24)11-28-18-22-21-17(12-3-5-13(19)6-4-12)23(18)14-7-9-15(10-8-14)29(20,25)26/h3-10H,2,11H2,1H3,(H2,20,25,26). The van der Waals surface area contributed by atoms with Crippen molar-refractivity contribution in [2.45, 2.75) is 17.0 Å². The van der Waals surface area contributed by atoms with Crippen LogP contribution in [0.4, 0.5) is 4.39 Å². The summed E-state index contributed by atoms with van der Waals surface area (Å²) in [5.41, 5.74) is 1.14. The lowest BCUT2D eigenvalue weighted by molar-refractivity contribution is -0.139. The van der Waals surface area contributed by atoms with Gasteiger partial charge >= 0.3 is 5.97 Å². The second-order valence-corrected chi connectivity index (χ2v) is 8.29. The molecule has 0 unspecified atom stereocenters. The van der Waals surface area contributed by atoms with Gasteiger partial charge in [0.1, 0.15) is 5.82 Å². The Labute approximate surface area is 170 Å². The number of thioether (sulfide) groups is 1. The fraction of sp³-hybridized carbons (Fsp3) is 0.167. The van der Waals surface area contributed by atoms with Crippen molar-refractivity contribution >= 4 is 27.8 Å². The van der Waals surface area contributed by atoms with Crippen LogP contribution in [0.1, 0.15) is 6.92 Å². The number of aromatic nitrogens is 3.